The Balaban J connectivity index is 1.87. The summed E-state index contributed by atoms with van der Waals surface area (Å²) >= 11 is 0. The van der Waals surface area contributed by atoms with Crippen molar-refractivity contribution in [2.24, 2.45) is 0 Å². The Bertz CT molecular complexity index is 522. The zero-order chi connectivity index (χ0) is 13.7. The minimum absolute atomic E-state index is 0.183. The van der Waals surface area contributed by atoms with E-state index in [0.717, 1.165) is 0 Å². The quantitative estimate of drug-likeness (QED) is 0.813. The highest BCUT2D eigenvalue weighted by atomic mass is 16.6. The average Bonchev–Trinajstić information content (AvgIpc) is 2.43. The Morgan fingerprint density at radius 3 is 2.42 bits per heavy atom. The van der Waals surface area contributed by atoms with Crippen LogP contribution in [0.25, 0.3) is 0 Å². The molecule has 0 saturated heterocycles. The second-order valence-electron chi connectivity index (χ2n) is 4.96. The molecule has 19 heavy (non-hydrogen) atoms. The standard InChI is InChI=1S/C17H21NO/c1-13-9-10-17(11-14(13)2)15(3)18-19-12-16-7-5-4-6-8-16/h4-11,15,18H,12H2,1-3H3. The van der Waals surface area contributed by atoms with E-state index < -0.39 is 0 Å². The van der Waals surface area contributed by atoms with E-state index in [2.05, 4.69) is 56.6 Å². The van der Waals surface area contributed by atoms with Crippen LogP contribution in [0, 0.1) is 13.8 Å². The van der Waals surface area contributed by atoms with Crippen LogP contribution in [0.2, 0.25) is 0 Å². The van der Waals surface area contributed by atoms with Gasteiger partial charge in [0.25, 0.3) is 0 Å². The molecule has 2 nitrogen and oxygen atoms in total. The third kappa shape index (κ3) is 3.91. The predicted octanol–water partition coefficient (Wildman–Crippen LogP) is 4.09. The molecule has 0 heterocycles. The van der Waals surface area contributed by atoms with Gasteiger partial charge in [-0.25, -0.2) is 0 Å². The summed E-state index contributed by atoms with van der Waals surface area (Å²) in [5, 5.41) is 0. The summed E-state index contributed by atoms with van der Waals surface area (Å²) in [6.07, 6.45) is 0. The maximum Gasteiger partial charge on any atom is 0.0933 e. The van der Waals surface area contributed by atoms with E-state index in [1.165, 1.54) is 22.3 Å². The number of hydrogen-bond acceptors (Lipinski definition) is 2. The van der Waals surface area contributed by atoms with Gasteiger partial charge >= 0.3 is 0 Å². The van der Waals surface area contributed by atoms with E-state index in [1.807, 2.05) is 18.2 Å². The fourth-order valence-corrected chi connectivity index (χ4v) is 1.93. The fraction of sp³-hybridized carbons (Fsp3) is 0.294. The Kier molecular flexibility index (Phi) is 4.72. The molecule has 2 aromatic rings. The van der Waals surface area contributed by atoms with Crippen LogP contribution in [0.5, 0.6) is 0 Å². The lowest BCUT2D eigenvalue weighted by atomic mass is 10.0. The van der Waals surface area contributed by atoms with Gasteiger partial charge in [0.15, 0.2) is 0 Å². The highest BCUT2D eigenvalue weighted by Crippen LogP contribution is 2.16. The molecule has 0 aromatic heterocycles. The third-order valence-electron chi connectivity index (χ3n) is 3.37. The zero-order valence-electron chi connectivity index (χ0n) is 11.8. The van der Waals surface area contributed by atoms with E-state index in [-0.39, 0.29) is 6.04 Å². The first-order chi connectivity index (χ1) is 9.16. The lowest BCUT2D eigenvalue weighted by Gasteiger charge is -2.15. The first-order valence-electron chi connectivity index (χ1n) is 6.65. The summed E-state index contributed by atoms with van der Waals surface area (Å²) in [5.74, 6) is 0. The molecule has 1 unspecified atom stereocenters. The monoisotopic (exact) mass is 255 g/mol. The lowest BCUT2D eigenvalue weighted by Crippen LogP contribution is -2.19. The molecule has 0 aliphatic heterocycles. The van der Waals surface area contributed by atoms with Gasteiger partial charge in [-0.2, -0.15) is 5.48 Å². The molecule has 1 atom stereocenters. The van der Waals surface area contributed by atoms with Crippen molar-refractivity contribution < 1.29 is 4.84 Å². The molecule has 0 radical (unpaired) electrons. The minimum atomic E-state index is 0.183. The van der Waals surface area contributed by atoms with Gasteiger partial charge in [0.05, 0.1) is 12.6 Å². The maximum atomic E-state index is 5.56. The molecule has 0 aliphatic carbocycles. The molecular weight excluding hydrogens is 234 g/mol. The van der Waals surface area contributed by atoms with Gasteiger partial charge in [0.1, 0.15) is 0 Å². The second kappa shape index (κ2) is 6.50. The van der Waals surface area contributed by atoms with Crippen molar-refractivity contribution in [2.75, 3.05) is 0 Å². The number of aryl methyl sites for hydroxylation is 2. The molecule has 0 spiro atoms. The third-order valence-corrected chi connectivity index (χ3v) is 3.37. The SMILES string of the molecule is Cc1ccc(C(C)NOCc2ccccc2)cc1C. The summed E-state index contributed by atoms with van der Waals surface area (Å²) < 4.78 is 0. The van der Waals surface area contributed by atoms with Crippen molar-refractivity contribution in [1.29, 1.82) is 0 Å². The molecular formula is C17H21NO. The minimum Gasteiger partial charge on any atom is -0.296 e. The number of benzene rings is 2. The second-order valence-corrected chi connectivity index (χ2v) is 4.96. The molecule has 1 N–H and O–H groups in total. The first-order valence-corrected chi connectivity index (χ1v) is 6.65. The van der Waals surface area contributed by atoms with Gasteiger partial charge in [-0.15, -0.1) is 0 Å². The van der Waals surface area contributed by atoms with Crippen LogP contribution in [-0.4, -0.2) is 0 Å². The van der Waals surface area contributed by atoms with Gasteiger partial charge in [0.2, 0.25) is 0 Å². The normalized spacial score (nSPS) is 12.4. The van der Waals surface area contributed by atoms with E-state index in [9.17, 15) is 0 Å². The Morgan fingerprint density at radius 1 is 1.00 bits per heavy atom. The molecule has 2 rings (SSSR count). The molecule has 100 valence electrons. The number of hydrogen-bond donors (Lipinski definition) is 1. The van der Waals surface area contributed by atoms with Gasteiger partial charge < -0.3 is 0 Å². The topological polar surface area (TPSA) is 21.3 Å². The molecule has 0 bridgehead atoms. The summed E-state index contributed by atoms with van der Waals surface area (Å²) in [6, 6.07) is 16.9. The van der Waals surface area contributed by atoms with E-state index in [0.29, 0.717) is 6.61 Å². The summed E-state index contributed by atoms with van der Waals surface area (Å²) in [6.45, 7) is 6.95. The highest BCUT2D eigenvalue weighted by molar-refractivity contribution is 5.31. The lowest BCUT2D eigenvalue weighted by molar-refractivity contribution is 0.00697. The average molecular weight is 255 g/mol. The van der Waals surface area contributed by atoms with Crippen LogP contribution in [-0.2, 0) is 11.4 Å². The number of rotatable bonds is 5. The summed E-state index contributed by atoms with van der Waals surface area (Å²) in [5.41, 5.74) is 8.14. The van der Waals surface area contributed by atoms with Crippen molar-refractivity contribution in [1.82, 2.24) is 5.48 Å². The largest absolute Gasteiger partial charge is 0.296 e. The molecule has 0 fully saturated rings. The fourth-order valence-electron chi connectivity index (χ4n) is 1.93. The van der Waals surface area contributed by atoms with Crippen molar-refractivity contribution >= 4 is 0 Å². The molecule has 2 heteroatoms. The molecule has 0 aliphatic rings. The van der Waals surface area contributed by atoms with E-state index in [1.54, 1.807) is 0 Å². The van der Waals surface area contributed by atoms with Crippen LogP contribution in [0.4, 0.5) is 0 Å². The Hall–Kier alpha value is -1.64. The van der Waals surface area contributed by atoms with Crippen LogP contribution < -0.4 is 5.48 Å². The van der Waals surface area contributed by atoms with Crippen molar-refractivity contribution in [3.8, 4) is 0 Å². The zero-order valence-corrected chi connectivity index (χ0v) is 11.8. The van der Waals surface area contributed by atoms with Crippen LogP contribution in [0.3, 0.4) is 0 Å². The Morgan fingerprint density at radius 2 is 1.74 bits per heavy atom. The van der Waals surface area contributed by atoms with Crippen LogP contribution >= 0.6 is 0 Å². The Labute approximate surface area is 115 Å². The van der Waals surface area contributed by atoms with Crippen molar-refractivity contribution in [2.45, 2.75) is 33.4 Å². The van der Waals surface area contributed by atoms with Gasteiger partial charge in [-0.1, -0.05) is 48.5 Å². The number of nitrogens with one attached hydrogen (secondary N) is 1. The van der Waals surface area contributed by atoms with E-state index >= 15 is 0 Å². The van der Waals surface area contributed by atoms with Crippen LogP contribution in [0.15, 0.2) is 48.5 Å². The number of hydroxylamine groups is 1. The molecule has 2 aromatic carbocycles. The molecule has 0 saturated carbocycles. The van der Waals surface area contributed by atoms with Crippen molar-refractivity contribution in [3.63, 3.8) is 0 Å². The first kappa shape index (κ1) is 13.8. The van der Waals surface area contributed by atoms with Gasteiger partial charge in [-0.05, 0) is 43.0 Å². The smallest absolute Gasteiger partial charge is 0.0933 e. The predicted molar refractivity (Wildman–Crippen MR) is 78.7 cm³/mol. The van der Waals surface area contributed by atoms with Crippen LogP contribution in [0.1, 0.15) is 35.2 Å². The highest BCUT2D eigenvalue weighted by Gasteiger charge is 2.06. The summed E-state index contributed by atoms with van der Waals surface area (Å²) in [4.78, 5) is 5.56. The summed E-state index contributed by atoms with van der Waals surface area (Å²) in [7, 11) is 0. The van der Waals surface area contributed by atoms with E-state index in [4.69, 9.17) is 4.84 Å². The van der Waals surface area contributed by atoms with Gasteiger partial charge in [-0.3, -0.25) is 4.84 Å². The molecule has 0 amide bonds. The van der Waals surface area contributed by atoms with Crippen molar-refractivity contribution in [3.05, 3.63) is 70.8 Å². The maximum absolute atomic E-state index is 5.56. The van der Waals surface area contributed by atoms with Gasteiger partial charge in [0, 0.05) is 0 Å².